The molecule has 130 valence electrons. The van der Waals surface area contributed by atoms with Crippen LogP contribution in [-0.2, 0) is 0 Å². The van der Waals surface area contributed by atoms with Crippen LogP contribution in [-0.4, -0.2) is 0 Å². The summed E-state index contributed by atoms with van der Waals surface area (Å²) in [6, 6.07) is 9.41. The molecule has 0 heterocycles. The molecule has 0 atom stereocenters. The maximum Gasteiger partial charge on any atom is 1.00 e. The molecule has 2 aromatic rings. The van der Waals surface area contributed by atoms with E-state index in [9.17, 15) is 4.39 Å². The van der Waals surface area contributed by atoms with Gasteiger partial charge in [0, 0.05) is 6.07 Å². The molecule has 0 spiro atoms. The Morgan fingerprint density at radius 3 is 2.27 bits per heavy atom. The molecule has 0 aromatic heterocycles. The second kappa shape index (κ2) is 9.37. The average molecular weight is 422 g/mol. The van der Waals surface area contributed by atoms with Crippen molar-refractivity contribution >= 4 is 16.5 Å². The molecular weight excluding hydrogens is 397 g/mol. The fraction of sp³-hybridized carbons (Fsp3) is 0.500. The molecule has 0 radical (unpaired) electrons. The minimum absolute atomic E-state index is 0. The van der Waals surface area contributed by atoms with E-state index in [1.807, 2.05) is 6.07 Å². The third-order valence-electron chi connectivity index (χ3n) is 6.43. The monoisotopic (exact) mass is 421 g/mol. The molecule has 0 bridgehead atoms. The summed E-state index contributed by atoms with van der Waals surface area (Å²) in [5.74, 6) is 1.99. The summed E-state index contributed by atoms with van der Waals surface area (Å²) in [6.07, 6.45) is 13.0. The summed E-state index contributed by atoms with van der Waals surface area (Å²) in [6.45, 7) is 0. The van der Waals surface area contributed by atoms with Crippen LogP contribution in [0.25, 0.3) is 15.7 Å². The van der Waals surface area contributed by atoms with Crippen molar-refractivity contribution in [1.82, 2.24) is 0 Å². The van der Waals surface area contributed by atoms with Gasteiger partial charge in [-0.1, -0.05) is 31.0 Å². The zero-order chi connectivity index (χ0) is 17.2. The van der Waals surface area contributed by atoms with Crippen LogP contribution >= 0.6 is 0 Å². The van der Waals surface area contributed by atoms with E-state index in [0.29, 0.717) is 5.92 Å². The summed E-state index contributed by atoms with van der Waals surface area (Å²) in [5, 5.41) is 10.7. The number of rotatable bonds is 2. The number of halogens is 1. The van der Waals surface area contributed by atoms with Crippen molar-refractivity contribution < 1.29 is 62.6 Å². The number of diazo groups is 1. The predicted molar refractivity (Wildman–Crippen MR) is 99.6 cm³/mol. The Morgan fingerprint density at radius 2 is 1.58 bits per heavy atom. The van der Waals surface area contributed by atoms with Gasteiger partial charge in [0.2, 0.25) is 11.2 Å². The maximum absolute atomic E-state index is 13.9. The molecule has 2 aliphatic carbocycles. The molecule has 0 amide bonds. The normalized spacial score (nSPS) is 24.0. The van der Waals surface area contributed by atoms with Gasteiger partial charge >= 0.3 is 63.9 Å². The van der Waals surface area contributed by atoms with E-state index in [-0.39, 0.29) is 63.9 Å². The van der Waals surface area contributed by atoms with Gasteiger partial charge in [0.1, 0.15) is 0 Å². The van der Waals surface area contributed by atoms with Gasteiger partial charge < -0.3 is 6.42 Å². The first-order valence-electron chi connectivity index (χ1n) is 9.64. The van der Waals surface area contributed by atoms with E-state index in [2.05, 4.69) is 23.5 Å². The Kier molecular flexibility index (Phi) is 7.42. The molecule has 0 aliphatic heterocycles. The Hall–Kier alpha value is -0.145. The first-order chi connectivity index (χ1) is 12.2. The van der Waals surface area contributed by atoms with Crippen LogP contribution in [0.2, 0.25) is 0 Å². The predicted octanol–water partition coefficient (Wildman–Crippen LogP) is 4.14. The molecular formula is C22H25FN2Rb+. The largest absolute Gasteiger partial charge is 1.00 e. The van der Waals surface area contributed by atoms with E-state index < -0.39 is 5.82 Å². The Labute approximate surface area is 204 Å². The molecule has 26 heavy (non-hydrogen) atoms. The van der Waals surface area contributed by atoms with Crippen molar-refractivity contribution in [3.63, 3.8) is 0 Å². The van der Waals surface area contributed by atoms with E-state index in [1.54, 1.807) is 6.07 Å². The number of benzene rings is 2. The third-order valence-corrected chi connectivity index (χ3v) is 6.43. The number of nitrogens with zero attached hydrogens (tertiary/aromatic N) is 2. The summed E-state index contributed by atoms with van der Waals surface area (Å²) < 4.78 is 13.9. The standard InChI is InChI=1S/C22H25FN2.Rb/c23-21-13-20-12-18(10-11-19(20)14-22(21)25-24)17-8-6-16(7-9-17)15-4-2-1-3-5-15;/h1,10-17H,2-9H2;/q;+1. The minimum Gasteiger partial charge on any atom is -0.328 e. The molecule has 0 saturated heterocycles. The second-order valence-electron chi connectivity index (χ2n) is 7.83. The van der Waals surface area contributed by atoms with Crippen LogP contribution in [0.4, 0.5) is 10.1 Å². The van der Waals surface area contributed by atoms with Crippen LogP contribution in [0.1, 0.15) is 62.8 Å². The first-order valence-corrected chi connectivity index (χ1v) is 9.64. The molecule has 2 saturated carbocycles. The summed E-state index contributed by atoms with van der Waals surface area (Å²) in [7, 11) is 0. The molecule has 2 fully saturated rings. The fourth-order valence-electron chi connectivity index (χ4n) is 4.95. The van der Waals surface area contributed by atoms with Gasteiger partial charge in [-0.15, -0.1) is 0 Å². The number of hydrogen-bond acceptors (Lipinski definition) is 1. The van der Waals surface area contributed by atoms with Crippen molar-refractivity contribution in [3.8, 4) is 0 Å². The number of hydrogen-bond donors (Lipinski definition) is 0. The van der Waals surface area contributed by atoms with Gasteiger partial charge in [-0.2, -0.15) is 17.2 Å². The zero-order valence-corrected chi connectivity index (χ0v) is 20.5. The Bertz CT molecular complexity index is 800. The second-order valence-corrected chi connectivity index (χ2v) is 7.83. The molecule has 2 aromatic carbocycles. The van der Waals surface area contributed by atoms with Gasteiger partial charge in [-0.3, -0.25) is 0 Å². The van der Waals surface area contributed by atoms with Crippen LogP contribution < -0.4 is 58.2 Å². The van der Waals surface area contributed by atoms with Gasteiger partial charge in [0.05, 0.1) is 0 Å². The van der Waals surface area contributed by atoms with Gasteiger partial charge in [-0.25, -0.2) is 0 Å². The Balaban J connectivity index is 0.00000196. The van der Waals surface area contributed by atoms with Crippen molar-refractivity contribution in [2.24, 2.45) is 11.8 Å². The summed E-state index contributed by atoms with van der Waals surface area (Å²) in [4.78, 5) is 3.01. The Morgan fingerprint density at radius 1 is 0.885 bits per heavy atom. The molecule has 2 nitrogen and oxygen atoms in total. The van der Waals surface area contributed by atoms with Crippen molar-refractivity contribution in [3.05, 3.63) is 53.1 Å². The molecule has 0 unspecified atom stereocenters. The minimum atomic E-state index is -0.468. The SMILES string of the molecule is N#[N+]c1cc2ccc(C3CCC(C4CC[CH-]CC4)CC3)cc2cc1F.[Rb+]. The van der Waals surface area contributed by atoms with E-state index in [4.69, 9.17) is 5.39 Å². The summed E-state index contributed by atoms with van der Waals surface area (Å²) in [5.41, 5.74) is 1.33. The van der Waals surface area contributed by atoms with Gasteiger partial charge in [0.15, 0.2) is 4.98 Å². The first kappa shape index (κ1) is 20.6. The molecule has 4 rings (SSSR count). The zero-order valence-electron chi connectivity index (χ0n) is 15.6. The number of fused-ring (bicyclic) bond motifs is 1. The quantitative estimate of drug-likeness (QED) is 0.529. The van der Waals surface area contributed by atoms with Crippen molar-refractivity contribution in [2.45, 2.75) is 57.3 Å². The molecule has 4 heteroatoms. The fourth-order valence-corrected chi connectivity index (χ4v) is 4.95. The smallest absolute Gasteiger partial charge is 0.328 e. The molecule has 2 aliphatic rings. The van der Waals surface area contributed by atoms with Crippen molar-refractivity contribution in [1.29, 1.82) is 5.39 Å². The van der Waals surface area contributed by atoms with Gasteiger partial charge in [-0.05, 0) is 65.8 Å². The van der Waals surface area contributed by atoms with Crippen LogP contribution in [0.15, 0.2) is 30.3 Å². The maximum atomic E-state index is 13.9. The van der Waals surface area contributed by atoms with E-state index in [1.165, 1.54) is 63.0 Å². The molecule has 0 N–H and O–H groups in total. The average Bonchev–Trinajstić information content (AvgIpc) is 2.68. The van der Waals surface area contributed by atoms with Crippen molar-refractivity contribution in [2.75, 3.05) is 0 Å². The summed E-state index contributed by atoms with van der Waals surface area (Å²) >= 11 is 0. The van der Waals surface area contributed by atoms with Crippen LogP contribution in [0.3, 0.4) is 0 Å². The van der Waals surface area contributed by atoms with E-state index in [0.717, 1.165) is 22.6 Å². The third kappa shape index (κ3) is 4.46. The van der Waals surface area contributed by atoms with Gasteiger partial charge in [0.25, 0.3) is 0 Å². The van der Waals surface area contributed by atoms with E-state index >= 15 is 0 Å². The topological polar surface area (TPSA) is 28.1 Å². The van der Waals surface area contributed by atoms with Crippen LogP contribution in [0, 0.1) is 29.5 Å². The van der Waals surface area contributed by atoms with Crippen LogP contribution in [0.5, 0.6) is 0 Å².